The van der Waals surface area contributed by atoms with Gasteiger partial charge in [0.1, 0.15) is 0 Å². The SMILES string of the molecule is CC.CC(=O)N1CCCC1CO.CO.[W]. The zero-order valence-corrected chi connectivity index (χ0v) is 13.0. The smallest absolute Gasteiger partial charge is 0.219 e. The van der Waals surface area contributed by atoms with Gasteiger partial charge in [0, 0.05) is 41.6 Å². The predicted molar refractivity (Wildman–Crippen MR) is 57.0 cm³/mol. The maximum Gasteiger partial charge on any atom is 0.219 e. The number of rotatable bonds is 1. The Hall–Kier alpha value is 0.0783. The molecule has 0 spiro atoms. The van der Waals surface area contributed by atoms with Crippen molar-refractivity contribution in [1.82, 2.24) is 4.90 Å². The minimum atomic E-state index is 0. The Morgan fingerprint density at radius 3 is 2.13 bits per heavy atom. The average Bonchev–Trinajstić information content (AvgIpc) is 2.71. The molecule has 1 aliphatic heterocycles. The normalized spacial score (nSPS) is 17.7. The summed E-state index contributed by atoms with van der Waals surface area (Å²) in [6, 6.07) is 0.0949. The number of aliphatic hydroxyl groups excluding tert-OH is 2. The van der Waals surface area contributed by atoms with Crippen molar-refractivity contribution in [2.24, 2.45) is 0 Å². The Kier molecular flexibility index (Phi) is 19.2. The van der Waals surface area contributed by atoms with Gasteiger partial charge in [0.15, 0.2) is 0 Å². The van der Waals surface area contributed by atoms with Crippen molar-refractivity contribution < 1.29 is 36.1 Å². The Balaban J connectivity index is -0.000000258. The molecule has 1 saturated heterocycles. The van der Waals surface area contributed by atoms with Gasteiger partial charge in [-0.3, -0.25) is 4.79 Å². The molecule has 0 aliphatic carbocycles. The van der Waals surface area contributed by atoms with Gasteiger partial charge in [-0.1, -0.05) is 13.8 Å². The van der Waals surface area contributed by atoms with E-state index in [0.717, 1.165) is 26.5 Å². The molecule has 1 fully saturated rings. The van der Waals surface area contributed by atoms with Crippen molar-refractivity contribution in [3.05, 3.63) is 0 Å². The second-order valence-electron chi connectivity index (χ2n) is 2.69. The van der Waals surface area contributed by atoms with Gasteiger partial charge < -0.3 is 15.1 Å². The molecule has 4 nitrogen and oxygen atoms in total. The first-order chi connectivity index (χ1) is 6.75. The molecular formula is C10H23NO3W. The number of carbonyl (C=O) groups is 1. The van der Waals surface area contributed by atoms with Crippen LogP contribution in [0.5, 0.6) is 0 Å². The van der Waals surface area contributed by atoms with E-state index < -0.39 is 0 Å². The maximum atomic E-state index is 10.8. The molecule has 5 heteroatoms. The minimum absolute atomic E-state index is 0. The third-order valence-corrected chi connectivity index (χ3v) is 1.99. The summed E-state index contributed by atoms with van der Waals surface area (Å²) in [5.74, 6) is 0.0801. The standard InChI is InChI=1S/C7H13NO2.C2H6.CH4O.W/c1-6(10)8-4-2-3-7(8)5-9;2*1-2;/h7,9H,2-5H2,1H3;1-2H3;2H,1H3;. The zero-order valence-electron chi connectivity index (χ0n) is 10.1. The fourth-order valence-electron chi connectivity index (χ4n) is 1.44. The molecule has 15 heavy (non-hydrogen) atoms. The van der Waals surface area contributed by atoms with Gasteiger partial charge in [-0.25, -0.2) is 0 Å². The third kappa shape index (κ3) is 7.94. The Bertz CT molecular complexity index is 145. The Labute approximate surface area is 107 Å². The van der Waals surface area contributed by atoms with E-state index in [0.29, 0.717) is 0 Å². The van der Waals surface area contributed by atoms with Crippen LogP contribution in [-0.2, 0) is 25.9 Å². The number of amides is 1. The van der Waals surface area contributed by atoms with E-state index in [1.807, 2.05) is 13.8 Å². The molecule has 0 radical (unpaired) electrons. The Morgan fingerprint density at radius 2 is 1.87 bits per heavy atom. The molecule has 1 unspecified atom stereocenters. The van der Waals surface area contributed by atoms with Crippen LogP contribution in [0.25, 0.3) is 0 Å². The van der Waals surface area contributed by atoms with Gasteiger partial charge in [0.2, 0.25) is 5.91 Å². The van der Waals surface area contributed by atoms with Crippen LogP contribution >= 0.6 is 0 Å². The summed E-state index contributed by atoms with van der Waals surface area (Å²) in [6.45, 7) is 6.48. The summed E-state index contributed by atoms with van der Waals surface area (Å²) in [7, 11) is 1.00. The molecule has 1 heterocycles. The van der Waals surface area contributed by atoms with Crippen molar-refractivity contribution in [3.63, 3.8) is 0 Å². The number of nitrogens with zero attached hydrogens (tertiary/aromatic N) is 1. The first kappa shape index (κ1) is 20.5. The summed E-state index contributed by atoms with van der Waals surface area (Å²) in [4.78, 5) is 12.6. The summed E-state index contributed by atoms with van der Waals surface area (Å²) in [5, 5.41) is 15.8. The molecule has 0 saturated carbocycles. The van der Waals surface area contributed by atoms with Crippen molar-refractivity contribution in [1.29, 1.82) is 0 Å². The molecule has 92 valence electrons. The molecule has 0 aromatic rings. The van der Waals surface area contributed by atoms with Crippen LogP contribution in [0, 0.1) is 0 Å². The van der Waals surface area contributed by atoms with Crippen LogP contribution in [0.2, 0.25) is 0 Å². The van der Waals surface area contributed by atoms with Crippen molar-refractivity contribution >= 4 is 5.91 Å². The predicted octanol–water partition coefficient (Wildman–Crippen LogP) is 0.622. The van der Waals surface area contributed by atoms with Gasteiger partial charge in [-0.05, 0) is 12.8 Å². The van der Waals surface area contributed by atoms with Crippen molar-refractivity contribution in [2.45, 2.75) is 39.7 Å². The monoisotopic (exact) mass is 389 g/mol. The van der Waals surface area contributed by atoms with E-state index in [1.165, 1.54) is 0 Å². The van der Waals surface area contributed by atoms with E-state index in [2.05, 4.69) is 0 Å². The van der Waals surface area contributed by atoms with E-state index in [-0.39, 0.29) is 39.6 Å². The molecule has 1 atom stereocenters. The molecular weight excluding hydrogens is 366 g/mol. The molecule has 1 amide bonds. The van der Waals surface area contributed by atoms with Crippen molar-refractivity contribution in [2.75, 3.05) is 20.3 Å². The quantitative estimate of drug-likeness (QED) is 0.692. The maximum absolute atomic E-state index is 10.8. The molecule has 0 bridgehead atoms. The molecule has 2 N–H and O–H groups in total. The average molecular weight is 389 g/mol. The number of aliphatic hydroxyl groups is 2. The van der Waals surface area contributed by atoms with Crippen LogP contribution in [0.3, 0.4) is 0 Å². The summed E-state index contributed by atoms with van der Waals surface area (Å²) < 4.78 is 0. The molecule has 0 aromatic heterocycles. The van der Waals surface area contributed by atoms with Crippen LogP contribution in [0.15, 0.2) is 0 Å². The topological polar surface area (TPSA) is 60.8 Å². The number of hydrogen-bond donors (Lipinski definition) is 2. The van der Waals surface area contributed by atoms with E-state index in [4.69, 9.17) is 10.2 Å². The minimum Gasteiger partial charge on any atom is -0.400 e. The third-order valence-electron chi connectivity index (χ3n) is 1.99. The largest absolute Gasteiger partial charge is 0.400 e. The van der Waals surface area contributed by atoms with Crippen LogP contribution in [-0.4, -0.2) is 47.3 Å². The zero-order chi connectivity index (χ0) is 11.6. The van der Waals surface area contributed by atoms with Gasteiger partial charge in [-0.2, -0.15) is 0 Å². The summed E-state index contributed by atoms with van der Waals surface area (Å²) in [6.07, 6.45) is 1.99. The molecule has 1 aliphatic rings. The molecule has 1 rings (SSSR count). The number of carbonyl (C=O) groups excluding carboxylic acids is 1. The van der Waals surface area contributed by atoms with Crippen LogP contribution < -0.4 is 0 Å². The fraction of sp³-hybridized carbons (Fsp3) is 0.900. The van der Waals surface area contributed by atoms with Gasteiger partial charge >= 0.3 is 0 Å². The number of likely N-dealkylation sites (tertiary alicyclic amines) is 1. The fourth-order valence-corrected chi connectivity index (χ4v) is 1.44. The van der Waals surface area contributed by atoms with E-state index in [9.17, 15) is 4.79 Å². The first-order valence-corrected chi connectivity index (χ1v) is 5.08. The van der Waals surface area contributed by atoms with Gasteiger partial charge in [0.25, 0.3) is 0 Å². The second kappa shape index (κ2) is 14.1. The number of hydrogen-bond acceptors (Lipinski definition) is 3. The first-order valence-electron chi connectivity index (χ1n) is 5.08. The van der Waals surface area contributed by atoms with E-state index >= 15 is 0 Å². The summed E-state index contributed by atoms with van der Waals surface area (Å²) >= 11 is 0. The van der Waals surface area contributed by atoms with Crippen LogP contribution in [0.1, 0.15) is 33.6 Å². The van der Waals surface area contributed by atoms with E-state index in [1.54, 1.807) is 11.8 Å². The molecule has 0 aromatic carbocycles. The Morgan fingerprint density at radius 1 is 1.40 bits per heavy atom. The van der Waals surface area contributed by atoms with Gasteiger partial charge in [0.05, 0.1) is 12.6 Å². The summed E-state index contributed by atoms with van der Waals surface area (Å²) in [5.41, 5.74) is 0. The van der Waals surface area contributed by atoms with Gasteiger partial charge in [-0.15, -0.1) is 0 Å². The van der Waals surface area contributed by atoms with Crippen LogP contribution in [0.4, 0.5) is 0 Å². The second-order valence-corrected chi connectivity index (χ2v) is 2.69. The van der Waals surface area contributed by atoms with Crippen molar-refractivity contribution in [3.8, 4) is 0 Å².